The first kappa shape index (κ1) is 7.98. The number of benzene rings is 1. The number of nitro groups is 1. The minimum atomic E-state index is -1.47. The molecule has 0 spiro atoms. The molecule has 2 rings (SSSR count). The number of nitrogens with zero attached hydrogens (tertiary/aromatic N) is 1. The van der Waals surface area contributed by atoms with E-state index in [0.717, 1.165) is 14.4 Å². The van der Waals surface area contributed by atoms with Gasteiger partial charge in [0.1, 0.15) is 0 Å². The first-order valence-electron chi connectivity index (χ1n) is 3.60. The molecule has 12 heavy (non-hydrogen) atoms. The van der Waals surface area contributed by atoms with Crippen molar-refractivity contribution in [2.24, 2.45) is 0 Å². The standard InChI is InChI=1S/C7H6NO3.Hg/c1-5-2-3-6(8(10)11)4-7(5)9;/h2-3,9H,1H3;/q;+1/p-1. The van der Waals surface area contributed by atoms with Gasteiger partial charge in [-0.3, -0.25) is 0 Å². The molecule has 1 aliphatic heterocycles. The quantitative estimate of drug-likeness (QED) is 0.429. The molecule has 0 amide bonds. The fourth-order valence-electron chi connectivity index (χ4n) is 1.31. The van der Waals surface area contributed by atoms with Gasteiger partial charge in [-0.2, -0.15) is 0 Å². The van der Waals surface area contributed by atoms with Gasteiger partial charge in [0.05, 0.1) is 0 Å². The van der Waals surface area contributed by atoms with Crippen LogP contribution in [0.4, 0.5) is 5.69 Å². The average Bonchev–Trinajstić information content (AvgIpc) is 1.92. The van der Waals surface area contributed by atoms with Crippen molar-refractivity contribution in [2.75, 3.05) is 0 Å². The molecule has 0 aromatic heterocycles. The van der Waals surface area contributed by atoms with Gasteiger partial charge in [0.2, 0.25) is 0 Å². The predicted molar refractivity (Wildman–Crippen MR) is 38.1 cm³/mol. The maximum atomic E-state index is 10.5. The summed E-state index contributed by atoms with van der Waals surface area (Å²) in [4.78, 5) is 10.2. The topological polar surface area (TPSA) is 52.4 Å². The zero-order valence-electron chi connectivity index (χ0n) is 6.53. The van der Waals surface area contributed by atoms with E-state index in [4.69, 9.17) is 2.64 Å². The van der Waals surface area contributed by atoms with Gasteiger partial charge >= 0.3 is 81.8 Å². The van der Waals surface area contributed by atoms with E-state index in [1.165, 1.54) is 0 Å². The molecule has 0 fully saturated rings. The van der Waals surface area contributed by atoms with Crippen LogP contribution in [0, 0.1) is 17.0 Å². The summed E-state index contributed by atoms with van der Waals surface area (Å²) in [5.41, 5.74) is 1.28. The van der Waals surface area contributed by atoms with Crippen molar-refractivity contribution in [1.29, 1.82) is 0 Å². The summed E-state index contributed by atoms with van der Waals surface area (Å²) in [6.45, 7) is 1.91. The van der Waals surface area contributed by atoms with Gasteiger partial charge in [-0.25, -0.2) is 0 Å². The molecule has 58 valence electrons. The molecule has 0 saturated carbocycles. The normalized spacial score (nSPS) is 11.4. The zero-order valence-corrected chi connectivity index (χ0v) is 12.0. The number of aryl methyl sites for hydroxylation is 1. The van der Waals surface area contributed by atoms with E-state index in [2.05, 4.69) is 0 Å². The molecule has 1 aromatic rings. The summed E-state index contributed by atoms with van der Waals surface area (Å²) < 4.78 is 6.26. The minimum absolute atomic E-state index is 0.267. The number of rotatable bonds is 1. The summed E-state index contributed by atoms with van der Waals surface area (Å²) in [5, 5.41) is 10.5. The maximum absolute atomic E-state index is 10.5. The van der Waals surface area contributed by atoms with Gasteiger partial charge in [0, 0.05) is 0 Å². The monoisotopic (exact) mass is 353 g/mol. The van der Waals surface area contributed by atoms with Gasteiger partial charge < -0.3 is 0 Å². The van der Waals surface area contributed by atoms with Crippen molar-refractivity contribution < 1.29 is 32.6 Å². The molecule has 0 saturated heterocycles. The van der Waals surface area contributed by atoms with E-state index < -0.39 is 25.0 Å². The first-order chi connectivity index (χ1) is 5.70. The third kappa shape index (κ3) is 1.02. The number of hydrogen-bond acceptors (Lipinski definition) is 3. The summed E-state index contributed by atoms with van der Waals surface area (Å²) in [7, 11) is 0. The Labute approximate surface area is 81.8 Å². The van der Waals surface area contributed by atoms with Crippen LogP contribution >= 0.6 is 0 Å². The van der Waals surface area contributed by atoms with Crippen molar-refractivity contribution >= 4 is 8.76 Å². The molecule has 0 radical (unpaired) electrons. The Bertz CT molecular complexity index is 364. The van der Waals surface area contributed by atoms with Crippen LogP contribution in [0.2, 0.25) is 0 Å². The van der Waals surface area contributed by atoms with Crippen LogP contribution in [0.5, 0.6) is 5.75 Å². The van der Waals surface area contributed by atoms with Crippen molar-refractivity contribution in [1.82, 2.24) is 0 Å². The van der Waals surface area contributed by atoms with E-state index in [1.807, 2.05) is 6.92 Å². The fourth-order valence-corrected chi connectivity index (χ4v) is 6.50. The summed E-state index contributed by atoms with van der Waals surface area (Å²) >= 11 is -1.47. The Hall–Kier alpha value is -0.645. The Morgan fingerprint density at radius 2 is 2.33 bits per heavy atom. The van der Waals surface area contributed by atoms with Gasteiger partial charge in [-0.15, -0.1) is 0 Å². The first-order valence-corrected chi connectivity index (χ1v) is 8.59. The molecule has 0 bridgehead atoms. The molecule has 0 atom stereocenters. The molecular formula is C7H5HgNO3. The third-order valence-electron chi connectivity index (χ3n) is 1.99. The van der Waals surface area contributed by atoms with Crippen LogP contribution in [0.25, 0.3) is 0 Å². The van der Waals surface area contributed by atoms with E-state index >= 15 is 0 Å². The van der Waals surface area contributed by atoms with Gasteiger partial charge in [-0.05, 0) is 0 Å². The van der Waals surface area contributed by atoms with Crippen LogP contribution in [0.1, 0.15) is 5.56 Å². The molecule has 0 N–H and O–H groups in total. The number of hydrogen-bond donors (Lipinski definition) is 0. The number of fused-ring (bicyclic) bond motifs is 1. The molecule has 1 heterocycles. The van der Waals surface area contributed by atoms with Crippen LogP contribution in [-0.2, 0) is 25.0 Å². The number of nitro benzene ring substituents is 1. The second-order valence-electron chi connectivity index (χ2n) is 2.76. The molecule has 0 aliphatic carbocycles. The molecule has 1 aromatic carbocycles. The molecular weight excluding hydrogens is 347 g/mol. The SMILES string of the molecule is Cc1ccc([N+](=O)[O-])[c]2c1[O][Hg]2. The summed E-state index contributed by atoms with van der Waals surface area (Å²) in [6, 6.07) is 3.32. The van der Waals surface area contributed by atoms with Crippen molar-refractivity contribution in [3.8, 4) is 5.75 Å². The Morgan fingerprint density at radius 3 is 2.83 bits per heavy atom. The van der Waals surface area contributed by atoms with E-state index in [-0.39, 0.29) is 10.6 Å². The van der Waals surface area contributed by atoms with Gasteiger partial charge in [-0.1, -0.05) is 0 Å². The van der Waals surface area contributed by atoms with Crippen LogP contribution in [0.15, 0.2) is 12.1 Å². The van der Waals surface area contributed by atoms with Crippen LogP contribution in [0.3, 0.4) is 0 Å². The molecule has 5 heteroatoms. The second-order valence-corrected chi connectivity index (χ2v) is 7.75. The predicted octanol–water partition coefficient (Wildman–Crippen LogP) is 0.918. The van der Waals surface area contributed by atoms with Crippen molar-refractivity contribution in [3.63, 3.8) is 0 Å². The second kappa shape index (κ2) is 2.69. The summed E-state index contributed by atoms with van der Waals surface area (Å²) in [6.07, 6.45) is 0. The van der Waals surface area contributed by atoms with Gasteiger partial charge in [0.15, 0.2) is 0 Å². The molecule has 4 nitrogen and oxygen atoms in total. The summed E-state index contributed by atoms with van der Waals surface area (Å²) in [5.74, 6) is 0.783. The molecule has 0 unspecified atom stereocenters. The van der Waals surface area contributed by atoms with Crippen molar-refractivity contribution in [2.45, 2.75) is 6.92 Å². The average molecular weight is 352 g/mol. The third-order valence-corrected chi connectivity index (χ3v) is 7.45. The zero-order chi connectivity index (χ0) is 8.72. The van der Waals surface area contributed by atoms with Crippen LogP contribution < -0.4 is 5.72 Å². The van der Waals surface area contributed by atoms with E-state index in [9.17, 15) is 10.1 Å². The fraction of sp³-hybridized carbons (Fsp3) is 0.143. The van der Waals surface area contributed by atoms with E-state index in [0.29, 0.717) is 0 Å². The Kier molecular flexibility index (Phi) is 1.79. The Morgan fingerprint density at radius 1 is 1.58 bits per heavy atom. The van der Waals surface area contributed by atoms with Gasteiger partial charge in [0.25, 0.3) is 0 Å². The van der Waals surface area contributed by atoms with Crippen molar-refractivity contribution in [3.05, 3.63) is 27.8 Å². The molecule has 1 aliphatic rings. The van der Waals surface area contributed by atoms with E-state index in [1.54, 1.807) is 12.1 Å². The van der Waals surface area contributed by atoms with Crippen LogP contribution in [-0.4, -0.2) is 4.92 Å². The Balaban J connectivity index is 2.60.